The van der Waals surface area contributed by atoms with Crippen molar-refractivity contribution in [1.82, 2.24) is 4.98 Å². The van der Waals surface area contributed by atoms with Crippen molar-refractivity contribution in [3.8, 4) is 0 Å². The second-order valence-electron chi connectivity index (χ2n) is 3.88. The molecule has 1 N–H and O–H groups in total. The molecule has 1 heterocycles. The Balaban J connectivity index is 0.000000921. The first-order valence-electron chi connectivity index (χ1n) is 7.35. The van der Waals surface area contributed by atoms with Gasteiger partial charge in [-0.05, 0) is 19.1 Å². The normalized spacial score (nSPS) is 9.29. The van der Waals surface area contributed by atoms with Crippen molar-refractivity contribution in [2.24, 2.45) is 0 Å². The van der Waals surface area contributed by atoms with Gasteiger partial charge in [-0.25, -0.2) is 9.78 Å². The van der Waals surface area contributed by atoms with E-state index in [1.807, 2.05) is 45.7 Å². The van der Waals surface area contributed by atoms with E-state index in [1.54, 1.807) is 19.1 Å². The zero-order valence-corrected chi connectivity index (χ0v) is 13.8. The maximum atomic E-state index is 11.4. The van der Waals surface area contributed by atoms with Crippen molar-refractivity contribution in [3.63, 3.8) is 0 Å². The molecule has 2 aromatic rings. The summed E-state index contributed by atoms with van der Waals surface area (Å²) < 4.78 is 5.15. The molecule has 0 aliphatic carbocycles. The summed E-state index contributed by atoms with van der Waals surface area (Å²) >= 11 is 0. The van der Waals surface area contributed by atoms with Gasteiger partial charge in [0.1, 0.15) is 11.2 Å². The summed E-state index contributed by atoms with van der Waals surface area (Å²) in [6.07, 6.45) is 0. The van der Waals surface area contributed by atoms with Crippen LogP contribution in [0.3, 0.4) is 0 Å². The number of aromatic nitrogens is 1. The largest absolute Gasteiger partial charge is 0.420 e. The lowest BCUT2D eigenvalue weighted by Gasteiger charge is -2.17. The summed E-state index contributed by atoms with van der Waals surface area (Å²) in [5.74, 6) is 0. The predicted molar refractivity (Wildman–Crippen MR) is 88.1 cm³/mol. The van der Waals surface area contributed by atoms with Crippen LogP contribution < -0.4 is 10.5 Å². The molecule has 1 aromatic heterocycles. The zero-order valence-electron chi connectivity index (χ0n) is 13.8. The number of aryl methyl sites for hydroxylation is 1. The van der Waals surface area contributed by atoms with Crippen molar-refractivity contribution in [1.29, 1.82) is 0 Å². The number of hydrogen-bond acceptors (Lipinski definition) is 5. The molecule has 0 radical (unpaired) electrons. The molecular weight excluding hydrogens is 268 g/mol. The van der Waals surface area contributed by atoms with Gasteiger partial charge in [-0.1, -0.05) is 27.7 Å². The molecule has 5 nitrogen and oxygen atoms in total. The Labute approximate surface area is 126 Å². The molecule has 0 aliphatic heterocycles. The first-order valence-corrected chi connectivity index (χ1v) is 7.35. The van der Waals surface area contributed by atoms with Gasteiger partial charge < -0.3 is 14.4 Å². The third kappa shape index (κ3) is 5.19. The zero-order chi connectivity index (χ0) is 16.4. The fourth-order valence-electron chi connectivity index (χ4n) is 1.59. The van der Waals surface area contributed by atoms with E-state index < -0.39 is 5.63 Å². The third-order valence-electron chi connectivity index (χ3n) is 2.61. The molecule has 21 heavy (non-hydrogen) atoms. The van der Waals surface area contributed by atoms with Gasteiger partial charge in [0.2, 0.25) is 0 Å². The smallest absolute Gasteiger partial charge is 0.357 e. The van der Waals surface area contributed by atoms with Crippen molar-refractivity contribution in [2.45, 2.75) is 34.6 Å². The summed E-state index contributed by atoms with van der Waals surface area (Å²) in [6, 6.07) is 5.43. The van der Waals surface area contributed by atoms with Crippen LogP contribution in [-0.2, 0) is 0 Å². The topological polar surface area (TPSA) is 66.6 Å². The number of nitrogens with zero attached hydrogens (tertiary/aromatic N) is 2. The van der Waals surface area contributed by atoms with Crippen LogP contribution in [0.5, 0.6) is 0 Å². The van der Waals surface area contributed by atoms with Crippen LogP contribution in [-0.4, -0.2) is 30.3 Å². The minimum atomic E-state index is -0.417. The van der Waals surface area contributed by atoms with Crippen molar-refractivity contribution in [3.05, 3.63) is 34.3 Å². The molecule has 0 atom stereocenters. The summed E-state index contributed by atoms with van der Waals surface area (Å²) in [5.41, 5.74) is 1.93. The van der Waals surface area contributed by atoms with E-state index in [-0.39, 0.29) is 6.61 Å². The molecule has 0 saturated carbocycles. The average molecular weight is 294 g/mol. The van der Waals surface area contributed by atoms with Gasteiger partial charge in [0.05, 0.1) is 6.61 Å². The number of anilines is 1. The van der Waals surface area contributed by atoms with Crippen LogP contribution in [0, 0.1) is 6.92 Å². The summed E-state index contributed by atoms with van der Waals surface area (Å²) in [7, 11) is 1.86. The number of hydrogen-bond donors (Lipinski definition) is 1. The van der Waals surface area contributed by atoms with Gasteiger partial charge in [0, 0.05) is 25.3 Å². The Morgan fingerprint density at radius 3 is 2.43 bits per heavy atom. The minimum Gasteiger partial charge on any atom is -0.420 e. The number of fused-ring (bicyclic) bond motifs is 1. The molecule has 0 amide bonds. The molecule has 0 unspecified atom stereocenters. The fourth-order valence-corrected chi connectivity index (χ4v) is 1.59. The molecule has 0 spiro atoms. The first kappa shape index (κ1) is 19.1. The first-order chi connectivity index (χ1) is 10.1. The highest BCUT2D eigenvalue weighted by molar-refractivity contribution is 5.76. The third-order valence-corrected chi connectivity index (χ3v) is 2.61. The molecule has 0 aliphatic rings. The standard InChI is InChI=1S/C12H14N2O3.2C2H6/c1-8-12(16)17-11-7-9(14(2)5-6-15)3-4-10(11)13-8;2*1-2/h3-4,7,15H,5-6H2,1-2H3;2*1-2H3. The quantitative estimate of drug-likeness (QED) is 0.942. The summed E-state index contributed by atoms with van der Waals surface area (Å²) in [4.78, 5) is 17.4. The van der Waals surface area contributed by atoms with Gasteiger partial charge in [0.25, 0.3) is 0 Å². The van der Waals surface area contributed by atoms with Crippen LogP contribution in [0.25, 0.3) is 11.1 Å². The Morgan fingerprint density at radius 2 is 1.86 bits per heavy atom. The van der Waals surface area contributed by atoms with Crippen LogP contribution >= 0.6 is 0 Å². The van der Waals surface area contributed by atoms with E-state index in [2.05, 4.69) is 4.98 Å². The van der Waals surface area contributed by atoms with Gasteiger partial charge >= 0.3 is 5.63 Å². The monoisotopic (exact) mass is 294 g/mol. The molecule has 5 heteroatoms. The SMILES string of the molecule is CC.CC.Cc1nc2ccc(N(C)CCO)cc2oc1=O. The molecule has 0 bridgehead atoms. The van der Waals surface area contributed by atoms with E-state index in [0.717, 1.165) is 5.69 Å². The lowest BCUT2D eigenvalue weighted by molar-refractivity contribution is 0.304. The maximum absolute atomic E-state index is 11.4. The van der Waals surface area contributed by atoms with Gasteiger partial charge in [-0.3, -0.25) is 0 Å². The van der Waals surface area contributed by atoms with E-state index in [1.165, 1.54) is 0 Å². The van der Waals surface area contributed by atoms with E-state index in [9.17, 15) is 4.79 Å². The van der Waals surface area contributed by atoms with Crippen LogP contribution in [0.4, 0.5) is 5.69 Å². The van der Waals surface area contributed by atoms with Crippen LogP contribution in [0.2, 0.25) is 0 Å². The van der Waals surface area contributed by atoms with Crippen LogP contribution in [0.1, 0.15) is 33.4 Å². The second-order valence-corrected chi connectivity index (χ2v) is 3.88. The number of likely N-dealkylation sites (N-methyl/N-ethyl adjacent to an activating group) is 1. The second kappa shape index (κ2) is 9.94. The highest BCUT2D eigenvalue weighted by atomic mass is 16.4. The lowest BCUT2D eigenvalue weighted by Crippen LogP contribution is -2.21. The molecule has 2 rings (SSSR count). The Morgan fingerprint density at radius 1 is 1.24 bits per heavy atom. The number of aliphatic hydroxyl groups is 1. The minimum absolute atomic E-state index is 0.0740. The maximum Gasteiger partial charge on any atom is 0.357 e. The predicted octanol–water partition coefficient (Wildman–Crippen LogP) is 2.98. The number of rotatable bonds is 3. The molecule has 0 saturated heterocycles. The van der Waals surface area contributed by atoms with Gasteiger partial charge in [-0.15, -0.1) is 0 Å². The highest BCUT2D eigenvalue weighted by Crippen LogP contribution is 2.19. The Kier molecular flexibility index (Phi) is 9.05. The van der Waals surface area contributed by atoms with E-state index in [4.69, 9.17) is 9.52 Å². The van der Waals surface area contributed by atoms with Crippen LogP contribution in [0.15, 0.2) is 27.4 Å². The Bertz CT molecular complexity index is 594. The molecule has 1 aromatic carbocycles. The number of benzene rings is 1. The summed E-state index contributed by atoms with van der Waals surface area (Å²) in [6.45, 7) is 10.2. The molecular formula is C16H26N2O3. The molecule has 118 valence electrons. The molecule has 0 fully saturated rings. The van der Waals surface area contributed by atoms with E-state index in [0.29, 0.717) is 23.3 Å². The Hall–Kier alpha value is -1.88. The van der Waals surface area contributed by atoms with E-state index >= 15 is 0 Å². The fraction of sp³-hybridized carbons (Fsp3) is 0.500. The van der Waals surface area contributed by atoms with Crippen molar-refractivity contribution < 1.29 is 9.52 Å². The van der Waals surface area contributed by atoms with Crippen molar-refractivity contribution in [2.75, 3.05) is 25.1 Å². The average Bonchev–Trinajstić information content (AvgIpc) is 2.52. The van der Waals surface area contributed by atoms with Gasteiger partial charge in [0.15, 0.2) is 5.58 Å². The van der Waals surface area contributed by atoms with Gasteiger partial charge in [-0.2, -0.15) is 0 Å². The number of aliphatic hydroxyl groups excluding tert-OH is 1. The summed E-state index contributed by atoms with van der Waals surface area (Å²) in [5, 5.41) is 8.86. The highest BCUT2D eigenvalue weighted by Gasteiger charge is 2.06. The van der Waals surface area contributed by atoms with Crippen molar-refractivity contribution >= 4 is 16.8 Å². The lowest BCUT2D eigenvalue weighted by atomic mass is 10.2.